The first-order chi connectivity index (χ1) is 10.8. The largest absolute Gasteiger partial charge is 0.353 e. The van der Waals surface area contributed by atoms with Gasteiger partial charge >= 0.3 is 0 Å². The minimum absolute atomic E-state index is 0.0960. The molecular formula is C20H43O2P. The SMILES string of the molecule is CC.CCC1(CC)C(C)C(OC)(OC)C(C)C(CC)(CC)P1C. The maximum absolute atomic E-state index is 6.11. The summed E-state index contributed by atoms with van der Waals surface area (Å²) in [6.45, 7) is 20.7. The van der Waals surface area contributed by atoms with Gasteiger partial charge in [0.05, 0.1) is 0 Å². The molecule has 1 aliphatic rings. The van der Waals surface area contributed by atoms with E-state index in [2.05, 4.69) is 48.2 Å². The van der Waals surface area contributed by atoms with Crippen LogP contribution in [-0.2, 0) is 9.47 Å². The van der Waals surface area contributed by atoms with Gasteiger partial charge in [-0.2, -0.15) is 0 Å². The van der Waals surface area contributed by atoms with E-state index >= 15 is 0 Å². The Hall–Kier alpha value is 0.350. The van der Waals surface area contributed by atoms with Crippen LogP contribution in [0.25, 0.3) is 0 Å². The van der Waals surface area contributed by atoms with Gasteiger partial charge in [-0.25, -0.2) is 0 Å². The van der Waals surface area contributed by atoms with Crippen LogP contribution in [0, 0.1) is 11.8 Å². The third-order valence-corrected chi connectivity index (χ3v) is 12.0. The molecule has 0 amide bonds. The summed E-state index contributed by atoms with van der Waals surface area (Å²) in [5.41, 5.74) is 0. The van der Waals surface area contributed by atoms with Crippen molar-refractivity contribution in [2.24, 2.45) is 11.8 Å². The van der Waals surface area contributed by atoms with Crippen LogP contribution in [0.4, 0.5) is 0 Å². The summed E-state index contributed by atoms with van der Waals surface area (Å²) in [4.78, 5) is 0. The summed E-state index contributed by atoms with van der Waals surface area (Å²) < 4.78 is 12.2. The van der Waals surface area contributed by atoms with E-state index in [1.165, 1.54) is 25.7 Å². The van der Waals surface area contributed by atoms with Crippen molar-refractivity contribution in [1.29, 1.82) is 0 Å². The van der Waals surface area contributed by atoms with E-state index in [0.717, 1.165) is 0 Å². The fourth-order valence-electron chi connectivity index (χ4n) is 5.61. The molecule has 0 spiro atoms. The van der Waals surface area contributed by atoms with E-state index in [4.69, 9.17) is 9.47 Å². The molecule has 1 heterocycles. The highest BCUT2D eigenvalue weighted by Gasteiger charge is 2.65. The Kier molecular flexibility index (Phi) is 9.30. The fourth-order valence-corrected chi connectivity index (χ4v) is 9.92. The van der Waals surface area contributed by atoms with Gasteiger partial charge in [0.1, 0.15) is 0 Å². The van der Waals surface area contributed by atoms with Crippen LogP contribution in [0.3, 0.4) is 0 Å². The zero-order chi connectivity index (χ0) is 18.5. The fraction of sp³-hybridized carbons (Fsp3) is 1.00. The van der Waals surface area contributed by atoms with Crippen LogP contribution < -0.4 is 0 Å². The molecule has 1 rings (SSSR count). The maximum Gasteiger partial charge on any atom is 0.174 e. The number of hydrogen-bond acceptors (Lipinski definition) is 2. The molecule has 0 aromatic rings. The van der Waals surface area contributed by atoms with Crippen LogP contribution in [-0.4, -0.2) is 37.0 Å². The highest BCUT2D eigenvalue weighted by Crippen LogP contribution is 2.74. The molecule has 1 saturated heterocycles. The molecule has 1 fully saturated rings. The van der Waals surface area contributed by atoms with E-state index in [0.29, 0.717) is 22.1 Å². The van der Waals surface area contributed by atoms with Gasteiger partial charge in [-0.1, -0.05) is 63.3 Å². The monoisotopic (exact) mass is 346 g/mol. The normalized spacial score (nSPS) is 31.2. The lowest BCUT2D eigenvalue weighted by atomic mass is 9.70. The topological polar surface area (TPSA) is 18.5 Å². The molecular weight excluding hydrogens is 303 g/mol. The maximum atomic E-state index is 6.11. The van der Waals surface area contributed by atoms with Crippen molar-refractivity contribution >= 4 is 7.92 Å². The van der Waals surface area contributed by atoms with Gasteiger partial charge in [0.25, 0.3) is 0 Å². The second-order valence-electron chi connectivity index (χ2n) is 6.75. The summed E-state index contributed by atoms with van der Waals surface area (Å²) >= 11 is 0. The van der Waals surface area contributed by atoms with E-state index in [-0.39, 0.29) is 7.92 Å². The molecule has 0 bridgehead atoms. The van der Waals surface area contributed by atoms with Crippen LogP contribution in [0.1, 0.15) is 81.1 Å². The Morgan fingerprint density at radius 3 is 1.17 bits per heavy atom. The van der Waals surface area contributed by atoms with Crippen molar-refractivity contribution in [3.8, 4) is 0 Å². The van der Waals surface area contributed by atoms with E-state index in [9.17, 15) is 0 Å². The van der Waals surface area contributed by atoms with Crippen LogP contribution in [0.5, 0.6) is 0 Å². The lowest BCUT2D eigenvalue weighted by molar-refractivity contribution is -0.283. The minimum atomic E-state index is -0.452. The van der Waals surface area contributed by atoms with Gasteiger partial charge in [-0.3, -0.25) is 0 Å². The molecule has 2 unspecified atom stereocenters. The zero-order valence-electron chi connectivity index (χ0n) is 17.7. The third kappa shape index (κ3) is 3.13. The number of hydrogen-bond donors (Lipinski definition) is 0. The summed E-state index contributed by atoms with van der Waals surface area (Å²) in [5.74, 6) is 0.395. The zero-order valence-corrected chi connectivity index (χ0v) is 18.6. The molecule has 140 valence electrons. The Bertz CT molecular complexity index is 260. The van der Waals surface area contributed by atoms with Crippen molar-refractivity contribution in [2.75, 3.05) is 20.9 Å². The molecule has 0 saturated carbocycles. The summed E-state index contributed by atoms with van der Waals surface area (Å²) in [7, 11) is 3.58. The smallest absolute Gasteiger partial charge is 0.174 e. The number of ether oxygens (including phenoxy) is 2. The Morgan fingerprint density at radius 1 is 0.739 bits per heavy atom. The van der Waals surface area contributed by atoms with Gasteiger partial charge in [-0.05, 0) is 42.7 Å². The number of rotatable bonds is 6. The highest BCUT2D eigenvalue weighted by atomic mass is 31.1. The Labute approximate surface area is 147 Å². The van der Waals surface area contributed by atoms with Gasteiger partial charge < -0.3 is 9.47 Å². The minimum Gasteiger partial charge on any atom is -0.353 e. The van der Waals surface area contributed by atoms with Crippen molar-refractivity contribution < 1.29 is 9.47 Å². The van der Waals surface area contributed by atoms with Crippen molar-refractivity contribution in [2.45, 2.75) is 97.2 Å². The van der Waals surface area contributed by atoms with E-state index < -0.39 is 5.79 Å². The van der Waals surface area contributed by atoms with Crippen LogP contribution >= 0.6 is 7.92 Å². The van der Waals surface area contributed by atoms with Gasteiger partial charge in [0, 0.05) is 26.1 Å². The van der Waals surface area contributed by atoms with Gasteiger partial charge in [0.15, 0.2) is 5.79 Å². The average molecular weight is 347 g/mol. The summed E-state index contributed by atoms with van der Waals surface area (Å²) in [5, 5.41) is 0.694. The first kappa shape index (κ1) is 23.4. The standard InChI is InChI=1S/C18H37O2P.C2H6/c1-10-16(11-2)14(5)18(19-7,20-8)15(6)17(12-3,13-4)21(16)9;1-2/h14-15H,10-13H2,1-9H3;1-2H3. The van der Waals surface area contributed by atoms with E-state index in [1.807, 2.05) is 28.1 Å². The second-order valence-corrected chi connectivity index (χ2v) is 9.65. The summed E-state index contributed by atoms with van der Waals surface area (Å²) in [6, 6.07) is 0. The van der Waals surface area contributed by atoms with Crippen molar-refractivity contribution in [3.05, 3.63) is 0 Å². The summed E-state index contributed by atoms with van der Waals surface area (Å²) in [6.07, 6.45) is 4.87. The van der Waals surface area contributed by atoms with E-state index in [1.54, 1.807) is 0 Å². The average Bonchev–Trinajstić information content (AvgIpc) is 2.61. The molecule has 2 nitrogen and oxygen atoms in total. The molecule has 1 aliphatic heterocycles. The van der Waals surface area contributed by atoms with Gasteiger partial charge in [0.2, 0.25) is 0 Å². The highest BCUT2D eigenvalue weighted by molar-refractivity contribution is 7.60. The lowest BCUT2D eigenvalue weighted by Gasteiger charge is -2.66. The van der Waals surface area contributed by atoms with Gasteiger partial charge in [-0.15, -0.1) is 0 Å². The quantitative estimate of drug-likeness (QED) is 0.403. The predicted molar refractivity (Wildman–Crippen MR) is 106 cm³/mol. The molecule has 2 atom stereocenters. The first-order valence-electron chi connectivity index (χ1n) is 9.67. The van der Waals surface area contributed by atoms with Crippen molar-refractivity contribution in [3.63, 3.8) is 0 Å². The molecule has 23 heavy (non-hydrogen) atoms. The predicted octanol–water partition coefficient (Wildman–Crippen LogP) is 6.52. The Balaban J connectivity index is 0.00000232. The Morgan fingerprint density at radius 2 is 1.00 bits per heavy atom. The van der Waals surface area contributed by atoms with Crippen LogP contribution in [0.15, 0.2) is 0 Å². The third-order valence-electron chi connectivity index (χ3n) is 7.24. The molecule has 0 aliphatic carbocycles. The number of methoxy groups -OCH3 is 2. The molecule has 3 heteroatoms. The molecule has 0 aromatic carbocycles. The molecule has 0 aromatic heterocycles. The molecule has 0 radical (unpaired) electrons. The molecule has 0 N–H and O–H groups in total. The first-order valence-corrected chi connectivity index (χ1v) is 11.5. The second kappa shape index (κ2) is 9.16. The lowest BCUT2D eigenvalue weighted by Crippen LogP contribution is -2.66. The van der Waals surface area contributed by atoms with Crippen LogP contribution in [0.2, 0.25) is 0 Å². The van der Waals surface area contributed by atoms with Crippen molar-refractivity contribution in [1.82, 2.24) is 0 Å².